The molecule has 0 aliphatic rings. The Morgan fingerprint density at radius 1 is 0.913 bits per heavy atom. The zero-order valence-corrected chi connectivity index (χ0v) is 16.2. The van der Waals surface area contributed by atoms with Crippen LogP contribution in [0.2, 0.25) is 0 Å². The zero-order valence-electron chi connectivity index (χ0n) is 15.4. The molecule has 0 aromatic heterocycles. The van der Waals surface area contributed by atoms with Gasteiger partial charge in [0.25, 0.3) is 0 Å². The van der Waals surface area contributed by atoms with Crippen molar-refractivity contribution in [1.29, 1.82) is 0 Å². The minimum atomic E-state index is 0.357. The minimum absolute atomic E-state index is 0.357. The van der Waals surface area contributed by atoms with Gasteiger partial charge >= 0.3 is 0 Å². The van der Waals surface area contributed by atoms with Gasteiger partial charge in [0.15, 0.2) is 0 Å². The van der Waals surface area contributed by atoms with Gasteiger partial charge in [0, 0.05) is 5.75 Å². The standard InChI is InChI=1S/C21H36OS/c1-4-5-6-7-8-9-18(2)16-19(3)14-15-23-17-20-10-12-21(22)13-11-20/h10-13,18-19,22H,4-9,14-17H2,1-3H3. The predicted molar refractivity (Wildman–Crippen MR) is 105 cm³/mol. The predicted octanol–water partition coefficient (Wildman–Crippen LogP) is 7.04. The van der Waals surface area contributed by atoms with Crippen LogP contribution in [-0.2, 0) is 5.75 Å². The first-order chi connectivity index (χ1) is 11.1. The van der Waals surface area contributed by atoms with Crippen molar-refractivity contribution in [2.45, 2.75) is 77.9 Å². The Morgan fingerprint density at radius 2 is 1.57 bits per heavy atom. The lowest BCUT2D eigenvalue weighted by Crippen LogP contribution is -2.04. The molecule has 1 aromatic rings. The number of aromatic hydroxyl groups is 1. The first kappa shape index (κ1) is 20.4. The highest BCUT2D eigenvalue weighted by molar-refractivity contribution is 7.98. The third-order valence-electron chi connectivity index (χ3n) is 4.57. The van der Waals surface area contributed by atoms with E-state index in [1.165, 1.54) is 62.7 Å². The highest BCUT2D eigenvalue weighted by Crippen LogP contribution is 2.23. The molecule has 1 aromatic carbocycles. The summed E-state index contributed by atoms with van der Waals surface area (Å²) in [7, 11) is 0. The average Bonchev–Trinajstić information content (AvgIpc) is 2.53. The summed E-state index contributed by atoms with van der Waals surface area (Å²) < 4.78 is 0. The van der Waals surface area contributed by atoms with E-state index in [1.807, 2.05) is 23.9 Å². The molecule has 0 radical (unpaired) electrons. The normalized spacial score (nSPS) is 13.9. The Labute approximate surface area is 148 Å². The molecule has 0 amide bonds. The average molecular weight is 337 g/mol. The highest BCUT2D eigenvalue weighted by atomic mass is 32.2. The lowest BCUT2D eigenvalue weighted by molar-refractivity contribution is 0.376. The second-order valence-corrected chi connectivity index (χ2v) is 8.26. The molecule has 2 atom stereocenters. The largest absolute Gasteiger partial charge is 0.508 e. The van der Waals surface area contributed by atoms with Gasteiger partial charge in [-0.3, -0.25) is 0 Å². The fraction of sp³-hybridized carbons (Fsp3) is 0.714. The van der Waals surface area contributed by atoms with Crippen molar-refractivity contribution in [3.63, 3.8) is 0 Å². The van der Waals surface area contributed by atoms with Gasteiger partial charge in [-0.2, -0.15) is 11.8 Å². The van der Waals surface area contributed by atoms with Gasteiger partial charge in [-0.25, -0.2) is 0 Å². The van der Waals surface area contributed by atoms with E-state index in [-0.39, 0.29) is 0 Å². The van der Waals surface area contributed by atoms with Crippen molar-refractivity contribution in [2.24, 2.45) is 11.8 Å². The Morgan fingerprint density at radius 3 is 2.26 bits per heavy atom. The second kappa shape index (κ2) is 12.8. The molecule has 0 aliphatic carbocycles. The van der Waals surface area contributed by atoms with E-state index in [4.69, 9.17) is 0 Å². The number of thioether (sulfide) groups is 1. The van der Waals surface area contributed by atoms with Gasteiger partial charge in [-0.05, 0) is 48.1 Å². The molecule has 1 rings (SSSR count). The van der Waals surface area contributed by atoms with E-state index in [0.717, 1.165) is 17.6 Å². The maximum atomic E-state index is 9.28. The highest BCUT2D eigenvalue weighted by Gasteiger charge is 2.09. The van der Waals surface area contributed by atoms with Crippen LogP contribution < -0.4 is 0 Å². The number of phenols is 1. The third kappa shape index (κ3) is 10.7. The Balaban J connectivity index is 2.02. The van der Waals surface area contributed by atoms with Crippen molar-refractivity contribution in [1.82, 2.24) is 0 Å². The second-order valence-electron chi connectivity index (χ2n) is 7.16. The summed E-state index contributed by atoms with van der Waals surface area (Å²) in [6.07, 6.45) is 11.1. The van der Waals surface area contributed by atoms with Crippen LogP contribution in [0.1, 0.15) is 77.7 Å². The summed E-state index contributed by atoms with van der Waals surface area (Å²) in [5, 5.41) is 9.28. The Bertz CT molecular complexity index is 387. The lowest BCUT2D eigenvalue weighted by Gasteiger charge is -2.17. The van der Waals surface area contributed by atoms with Crippen LogP contribution in [0.15, 0.2) is 24.3 Å². The maximum Gasteiger partial charge on any atom is 0.115 e. The van der Waals surface area contributed by atoms with Crippen molar-refractivity contribution < 1.29 is 5.11 Å². The molecule has 0 saturated heterocycles. The van der Waals surface area contributed by atoms with Crippen LogP contribution in [-0.4, -0.2) is 10.9 Å². The molecule has 0 fully saturated rings. The molecule has 0 bridgehead atoms. The van der Waals surface area contributed by atoms with Gasteiger partial charge in [-0.15, -0.1) is 0 Å². The Kier molecular flexibility index (Phi) is 11.3. The zero-order chi connectivity index (χ0) is 16.9. The molecule has 1 N–H and O–H groups in total. The summed E-state index contributed by atoms with van der Waals surface area (Å²) in [5.41, 5.74) is 1.31. The number of benzene rings is 1. The SMILES string of the molecule is CCCCCCCC(C)CC(C)CCSCc1ccc(O)cc1. The fourth-order valence-electron chi connectivity index (χ4n) is 3.09. The van der Waals surface area contributed by atoms with Gasteiger partial charge in [-0.1, -0.05) is 71.4 Å². The molecule has 0 aliphatic heterocycles. The summed E-state index contributed by atoms with van der Waals surface area (Å²) >= 11 is 2.01. The van der Waals surface area contributed by atoms with Crippen LogP contribution in [0, 0.1) is 11.8 Å². The maximum absolute atomic E-state index is 9.28. The monoisotopic (exact) mass is 336 g/mol. The van der Waals surface area contributed by atoms with Gasteiger partial charge < -0.3 is 5.11 Å². The smallest absolute Gasteiger partial charge is 0.115 e. The minimum Gasteiger partial charge on any atom is -0.508 e. The number of hydrogen-bond acceptors (Lipinski definition) is 2. The molecule has 2 heteroatoms. The molecule has 132 valence electrons. The van der Waals surface area contributed by atoms with E-state index in [0.29, 0.717) is 5.75 Å². The summed E-state index contributed by atoms with van der Waals surface area (Å²) in [6, 6.07) is 7.60. The summed E-state index contributed by atoms with van der Waals surface area (Å²) in [5.74, 6) is 4.38. The molecule has 0 saturated carbocycles. The number of rotatable bonds is 13. The van der Waals surface area contributed by atoms with Gasteiger partial charge in [0.1, 0.15) is 5.75 Å². The van der Waals surface area contributed by atoms with Crippen LogP contribution in [0.4, 0.5) is 0 Å². The number of phenolic OH excluding ortho intramolecular Hbond substituents is 1. The topological polar surface area (TPSA) is 20.2 Å². The van der Waals surface area contributed by atoms with E-state index in [2.05, 4.69) is 20.8 Å². The molecule has 0 heterocycles. The van der Waals surface area contributed by atoms with Crippen molar-refractivity contribution in [3.05, 3.63) is 29.8 Å². The third-order valence-corrected chi connectivity index (χ3v) is 5.63. The first-order valence-electron chi connectivity index (χ1n) is 9.47. The molecule has 1 nitrogen and oxygen atoms in total. The molecule has 0 spiro atoms. The van der Waals surface area contributed by atoms with Crippen molar-refractivity contribution >= 4 is 11.8 Å². The molecular formula is C21H36OS. The van der Waals surface area contributed by atoms with E-state index in [1.54, 1.807) is 12.1 Å². The van der Waals surface area contributed by atoms with Gasteiger partial charge in [0.2, 0.25) is 0 Å². The molecule has 23 heavy (non-hydrogen) atoms. The van der Waals surface area contributed by atoms with Crippen LogP contribution in [0.5, 0.6) is 5.75 Å². The quantitative estimate of drug-likeness (QED) is 0.390. The van der Waals surface area contributed by atoms with E-state index in [9.17, 15) is 5.11 Å². The first-order valence-corrected chi connectivity index (χ1v) is 10.6. The van der Waals surface area contributed by atoms with E-state index < -0.39 is 0 Å². The van der Waals surface area contributed by atoms with Crippen molar-refractivity contribution in [2.75, 3.05) is 5.75 Å². The van der Waals surface area contributed by atoms with E-state index >= 15 is 0 Å². The fourth-order valence-corrected chi connectivity index (χ4v) is 4.23. The van der Waals surface area contributed by atoms with Crippen LogP contribution in [0.25, 0.3) is 0 Å². The number of hydrogen-bond donors (Lipinski definition) is 1. The Hall–Kier alpha value is -0.630. The number of unbranched alkanes of at least 4 members (excludes halogenated alkanes) is 4. The summed E-state index contributed by atoms with van der Waals surface area (Å²) in [6.45, 7) is 7.12. The molecular weight excluding hydrogens is 300 g/mol. The van der Waals surface area contributed by atoms with Crippen molar-refractivity contribution in [3.8, 4) is 5.75 Å². The van der Waals surface area contributed by atoms with Crippen LogP contribution in [0.3, 0.4) is 0 Å². The van der Waals surface area contributed by atoms with Gasteiger partial charge in [0.05, 0.1) is 0 Å². The lowest BCUT2D eigenvalue weighted by atomic mass is 9.91. The van der Waals surface area contributed by atoms with Crippen LogP contribution >= 0.6 is 11.8 Å². The molecule has 2 unspecified atom stereocenters. The summed E-state index contributed by atoms with van der Waals surface area (Å²) in [4.78, 5) is 0.